The van der Waals surface area contributed by atoms with Gasteiger partial charge in [0.25, 0.3) is 0 Å². The van der Waals surface area contributed by atoms with Crippen LogP contribution in [0.15, 0.2) is 0 Å². The number of hydrogen-bond acceptors (Lipinski definition) is 3. The number of likely N-dealkylation sites (tertiary alicyclic amines) is 2. The molecule has 2 aliphatic heterocycles. The van der Waals surface area contributed by atoms with E-state index in [9.17, 15) is 4.79 Å². The van der Waals surface area contributed by atoms with E-state index in [1.165, 1.54) is 32.1 Å². The van der Waals surface area contributed by atoms with Crippen LogP contribution in [0.1, 0.15) is 133 Å². The van der Waals surface area contributed by atoms with Crippen LogP contribution >= 0.6 is 12.6 Å². The fourth-order valence-corrected chi connectivity index (χ4v) is 8.34. The second-order valence-electron chi connectivity index (χ2n) is 14.4. The average Bonchev–Trinajstić information content (AvgIpc) is 2.68. The molecule has 0 aromatic heterocycles. The predicted octanol–water partition coefficient (Wildman–Crippen LogP) is 7.98. The third-order valence-corrected chi connectivity index (χ3v) is 10.8. The van der Waals surface area contributed by atoms with Crippen LogP contribution in [0.25, 0.3) is 0 Å². The largest absolute Gasteiger partial charge is 0.296 e. The maximum atomic E-state index is 13.9. The molecule has 0 amide bonds. The first-order valence-electron chi connectivity index (χ1n) is 14.2. The molecule has 0 unspecified atom stereocenters. The van der Waals surface area contributed by atoms with Crippen molar-refractivity contribution in [1.29, 1.82) is 0 Å². The molecule has 0 radical (unpaired) electrons. The van der Waals surface area contributed by atoms with Crippen molar-refractivity contribution in [3.05, 3.63) is 0 Å². The molecule has 2 rings (SSSR count). The van der Waals surface area contributed by atoms with Gasteiger partial charge in [0, 0.05) is 27.6 Å². The Hall–Kier alpha value is -0.0600. The minimum atomic E-state index is -0.348. The summed E-state index contributed by atoms with van der Waals surface area (Å²) in [5.74, 6) is 0.740. The van der Waals surface area contributed by atoms with E-state index in [4.69, 9.17) is 12.6 Å². The second-order valence-corrected chi connectivity index (χ2v) is 14.8. The molecule has 0 bridgehead atoms. The molecule has 0 aromatic carbocycles. The third kappa shape index (κ3) is 6.08. The lowest BCUT2D eigenvalue weighted by atomic mass is 9.52. The Bertz CT molecular complexity index is 618. The zero-order valence-corrected chi connectivity index (χ0v) is 25.6. The van der Waals surface area contributed by atoms with Crippen LogP contribution in [-0.4, -0.2) is 51.2 Å². The van der Waals surface area contributed by atoms with E-state index >= 15 is 0 Å². The summed E-state index contributed by atoms with van der Waals surface area (Å²) in [7, 11) is 4.55. The lowest BCUT2D eigenvalue weighted by Gasteiger charge is -2.62. The topological polar surface area (TPSA) is 23.6 Å². The van der Waals surface area contributed by atoms with Gasteiger partial charge in [-0.25, -0.2) is 0 Å². The quantitative estimate of drug-likeness (QED) is 0.246. The minimum absolute atomic E-state index is 0.0680. The Balaban J connectivity index is 2.49. The standard InChI is InChI=1S/C30H58N2OS/c1-12-13-14-15-16-17-18-30(25(33)34,23-19-26(2,3)31(10)27(4,5)20-23)24-21-28(6,7)32(11)29(8,9)22-24/h23-24H,12-22H2,1-11H3,(H,33,34). The highest BCUT2D eigenvalue weighted by atomic mass is 32.1. The van der Waals surface area contributed by atoms with Gasteiger partial charge in [-0.3, -0.25) is 14.6 Å². The first-order chi connectivity index (χ1) is 15.4. The van der Waals surface area contributed by atoms with Crippen molar-refractivity contribution >= 4 is 17.7 Å². The van der Waals surface area contributed by atoms with Crippen molar-refractivity contribution < 1.29 is 4.79 Å². The van der Waals surface area contributed by atoms with Gasteiger partial charge in [-0.1, -0.05) is 45.4 Å². The average molecular weight is 495 g/mol. The maximum Gasteiger partial charge on any atom is 0.192 e. The molecule has 3 nitrogen and oxygen atoms in total. The van der Waals surface area contributed by atoms with E-state index in [1.54, 1.807) is 0 Å². The molecule has 0 saturated carbocycles. The van der Waals surface area contributed by atoms with Crippen LogP contribution in [0.3, 0.4) is 0 Å². The number of rotatable bonds is 10. The molecule has 2 saturated heterocycles. The minimum Gasteiger partial charge on any atom is -0.296 e. The Labute approximate surface area is 218 Å². The molecule has 0 aliphatic carbocycles. The molecule has 2 heterocycles. The van der Waals surface area contributed by atoms with Gasteiger partial charge in [-0.05, 0) is 113 Å². The number of unbranched alkanes of at least 4 members (excludes halogenated alkanes) is 5. The fourth-order valence-electron chi connectivity index (χ4n) is 7.87. The van der Waals surface area contributed by atoms with Crippen LogP contribution < -0.4 is 0 Å². The van der Waals surface area contributed by atoms with E-state index in [2.05, 4.69) is 86.2 Å². The van der Waals surface area contributed by atoms with Crippen molar-refractivity contribution in [3.8, 4) is 0 Å². The molecular formula is C30H58N2OS. The van der Waals surface area contributed by atoms with Crippen molar-refractivity contribution in [2.45, 2.75) is 155 Å². The number of carbonyl (C=O) groups is 1. The molecule has 2 aliphatic rings. The molecular weight excluding hydrogens is 436 g/mol. The van der Waals surface area contributed by atoms with Gasteiger partial charge in [0.1, 0.15) is 0 Å². The number of piperidine rings is 2. The molecule has 0 N–H and O–H groups in total. The summed E-state index contributed by atoms with van der Waals surface area (Å²) in [4.78, 5) is 19.0. The van der Waals surface area contributed by atoms with E-state index < -0.39 is 0 Å². The Morgan fingerprint density at radius 2 is 1.03 bits per heavy atom. The van der Waals surface area contributed by atoms with Crippen molar-refractivity contribution in [2.24, 2.45) is 17.3 Å². The van der Waals surface area contributed by atoms with E-state index in [-0.39, 0.29) is 32.7 Å². The number of carbonyl (C=O) groups excluding carboxylic acids is 1. The van der Waals surface area contributed by atoms with E-state index in [0.29, 0.717) is 11.8 Å². The van der Waals surface area contributed by atoms with E-state index in [0.717, 1.165) is 38.5 Å². The third-order valence-electron chi connectivity index (χ3n) is 10.4. The lowest BCUT2D eigenvalue weighted by molar-refractivity contribution is -0.149. The smallest absolute Gasteiger partial charge is 0.192 e. The Kier molecular flexibility index (Phi) is 9.53. The predicted molar refractivity (Wildman–Crippen MR) is 152 cm³/mol. The van der Waals surface area contributed by atoms with Gasteiger partial charge in [0.05, 0.1) is 0 Å². The Morgan fingerprint density at radius 3 is 1.35 bits per heavy atom. The highest BCUT2D eigenvalue weighted by molar-refractivity contribution is 7.96. The van der Waals surface area contributed by atoms with Gasteiger partial charge in [-0.15, -0.1) is 12.6 Å². The van der Waals surface area contributed by atoms with Gasteiger partial charge in [0.2, 0.25) is 0 Å². The zero-order chi connectivity index (χ0) is 26.2. The summed E-state index contributed by atoms with van der Waals surface area (Å²) in [5, 5.41) is 0.170. The van der Waals surface area contributed by atoms with Gasteiger partial charge in [-0.2, -0.15) is 0 Å². The number of hydrogen-bond donors (Lipinski definition) is 1. The van der Waals surface area contributed by atoms with Crippen LogP contribution in [-0.2, 0) is 4.79 Å². The number of thiol groups is 1. The summed E-state index contributed by atoms with van der Waals surface area (Å²) in [5.41, 5.74) is -0.0759. The monoisotopic (exact) mass is 494 g/mol. The van der Waals surface area contributed by atoms with Crippen LogP contribution in [0, 0.1) is 17.3 Å². The van der Waals surface area contributed by atoms with Crippen molar-refractivity contribution in [2.75, 3.05) is 14.1 Å². The van der Waals surface area contributed by atoms with Crippen LogP contribution in [0.2, 0.25) is 0 Å². The molecule has 2 fully saturated rings. The SMILES string of the molecule is CCCCCCCCC(C(=O)S)(C1CC(C)(C)N(C)C(C)(C)C1)C1CC(C)(C)N(C)C(C)(C)C1. The highest BCUT2D eigenvalue weighted by Gasteiger charge is 2.59. The lowest BCUT2D eigenvalue weighted by Crippen LogP contribution is -2.65. The summed E-state index contributed by atoms with van der Waals surface area (Å²) < 4.78 is 0. The molecule has 0 spiro atoms. The summed E-state index contributed by atoms with van der Waals surface area (Å²) in [6.07, 6.45) is 12.9. The first-order valence-corrected chi connectivity index (χ1v) is 14.6. The van der Waals surface area contributed by atoms with Crippen LogP contribution in [0.4, 0.5) is 0 Å². The zero-order valence-electron chi connectivity index (χ0n) is 24.7. The molecule has 0 aromatic rings. The summed E-state index contributed by atoms with van der Waals surface area (Å²) >= 11 is 4.76. The second kappa shape index (κ2) is 10.7. The van der Waals surface area contributed by atoms with Crippen LogP contribution in [0.5, 0.6) is 0 Å². The van der Waals surface area contributed by atoms with Gasteiger partial charge in [0.15, 0.2) is 5.12 Å². The first kappa shape index (κ1) is 30.2. The molecule has 200 valence electrons. The maximum absolute atomic E-state index is 13.9. The fraction of sp³-hybridized carbons (Fsp3) is 0.967. The Morgan fingerprint density at radius 1 is 0.706 bits per heavy atom. The molecule has 4 heteroatoms. The van der Waals surface area contributed by atoms with Gasteiger partial charge < -0.3 is 0 Å². The van der Waals surface area contributed by atoms with E-state index in [1.807, 2.05) is 0 Å². The highest BCUT2D eigenvalue weighted by Crippen LogP contribution is 2.58. The molecule has 34 heavy (non-hydrogen) atoms. The normalized spacial score (nSPS) is 26.0. The summed E-state index contributed by atoms with van der Waals surface area (Å²) in [6, 6.07) is 0. The number of nitrogens with zero attached hydrogens (tertiary/aromatic N) is 2. The van der Waals surface area contributed by atoms with Crippen molar-refractivity contribution in [1.82, 2.24) is 9.80 Å². The van der Waals surface area contributed by atoms with Crippen molar-refractivity contribution in [3.63, 3.8) is 0 Å². The van der Waals surface area contributed by atoms with Gasteiger partial charge >= 0.3 is 0 Å². The summed E-state index contributed by atoms with van der Waals surface area (Å²) in [6.45, 7) is 21.3. The molecule has 0 atom stereocenters.